The van der Waals surface area contributed by atoms with Gasteiger partial charge in [-0.25, -0.2) is 0 Å². The summed E-state index contributed by atoms with van der Waals surface area (Å²) in [4.78, 5) is 28.6. The Kier molecular flexibility index (Phi) is 6.89. The zero-order valence-corrected chi connectivity index (χ0v) is 16.3. The average molecular weight is 381 g/mol. The van der Waals surface area contributed by atoms with Crippen LogP contribution in [0.3, 0.4) is 0 Å². The van der Waals surface area contributed by atoms with Gasteiger partial charge in [0, 0.05) is 31.9 Å². The van der Waals surface area contributed by atoms with Gasteiger partial charge in [-0.15, -0.1) is 0 Å². The first kappa shape index (κ1) is 19.7. The third kappa shape index (κ3) is 5.49. The Morgan fingerprint density at radius 3 is 2.29 bits per heavy atom. The van der Waals surface area contributed by atoms with Crippen molar-refractivity contribution in [2.45, 2.75) is 13.3 Å². The normalized spacial score (nSPS) is 13.9. The molecule has 1 aliphatic rings. The van der Waals surface area contributed by atoms with Crippen molar-refractivity contribution in [3.05, 3.63) is 60.2 Å². The van der Waals surface area contributed by atoms with E-state index in [-0.39, 0.29) is 24.8 Å². The first-order chi connectivity index (χ1) is 13.7. The maximum absolute atomic E-state index is 12.4. The van der Waals surface area contributed by atoms with Crippen LogP contribution in [0.2, 0.25) is 0 Å². The number of carbonyl (C=O) groups excluding carboxylic acids is 2. The van der Waals surface area contributed by atoms with Gasteiger partial charge < -0.3 is 19.9 Å². The van der Waals surface area contributed by atoms with E-state index in [4.69, 9.17) is 4.74 Å². The van der Waals surface area contributed by atoms with Crippen LogP contribution in [0.25, 0.3) is 0 Å². The van der Waals surface area contributed by atoms with Crippen LogP contribution in [-0.4, -0.2) is 56.0 Å². The molecule has 0 aromatic heterocycles. The largest absolute Gasteiger partial charge is 0.494 e. The molecule has 1 saturated heterocycles. The molecule has 1 fully saturated rings. The number of amides is 2. The number of benzene rings is 2. The summed E-state index contributed by atoms with van der Waals surface area (Å²) in [6, 6.07) is 17.6. The minimum absolute atomic E-state index is 0.0345. The van der Waals surface area contributed by atoms with Gasteiger partial charge in [0.05, 0.1) is 19.6 Å². The number of carbonyl (C=O) groups is 2. The highest BCUT2D eigenvalue weighted by Gasteiger charge is 2.21. The van der Waals surface area contributed by atoms with Crippen molar-refractivity contribution < 1.29 is 14.3 Å². The third-order valence-corrected chi connectivity index (χ3v) is 4.79. The van der Waals surface area contributed by atoms with Gasteiger partial charge in [0.2, 0.25) is 11.8 Å². The Morgan fingerprint density at radius 1 is 0.964 bits per heavy atom. The van der Waals surface area contributed by atoms with Crippen LogP contribution < -0.4 is 15.0 Å². The van der Waals surface area contributed by atoms with E-state index < -0.39 is 0 Å². The molecule has 3 rings (SSSR count). The summed E-state index contributed by atoms with van der Waals surface area (Å²) in [5, 5.41) is 2.74. The summed E-state index contributed by atoms with van der Waals surface area (Å²) in [5.74, 6) is 0.602. The van der Waals surface area contributed by atoms with Crippen LogP contribution in [0.15, 0.2) is 54.6 Å². The van der Waals surface area contributed by atoms with Gasteiger partial charge in [0.1, 0.15) is 5.75 Å². The molecule has 0 radical (unpaired) electrons. The monoisotopic (exact) mass is 381 g/mol. The maximum atomic E-state index is 12.4. The quantitative estimate of drug-likeness (QED) is 0.798. The van der Waals surface area contributed by atoms with Crippen LogP contribution in [0.4, 0.5) is 5.69 Å². The van der Waals surface area contributed by atoms with E-state index in [0.29, 0.717) is 19.7 Å². The second kappa shape index (κ2) is 9.78. The molecular formula is C22H27N3O3. The molecule has 1 N–H and O–H groups in total. The van der Waals surface area contributed by atoms with Crippen LogP contribution in [-0.2, 0) is 16.0 Å². The summed E-state index contributed by atoms with van der Waals surface area (Å²) < 4.78 is 5.39. The number of hydrogen-bond donors (Lipinski definition) is 1. The first-order valence-corrected chi connectivity index (χ1v) is 9.72. The van der Waals surface area contributed by atoms with Gasteiger partial charge in [0.15, 0.2) is 0 Å². The van der Waals surface area contributed by atoms with Crippen molar-refractivity contribution in [2.75, 3.05) is 44.2 Å². The molecule has 6 nitrogen and oxygen atoms in total. The molecule has 0 bridgehead atoms. The molecule has 148 valence electrons. The van der Waals surface area contributed by atoms with E-state index in [1.54, 1.807) is 0 Å². The van der Waals surface area contributed by atoms with Crippen molar-refractivity contribution in [3.8, 4) is 5.75 Å². The van der Waals surface area contributed by atoms with Crippen molar-refractivity contribution in [2.24, 2.45) is 0 Å². The molecule has 0 spiro atoms. The topological polar surface area (TPSA) is 61.9 Å². The third-order valence-electron chi connectivity index (χ3n) is 4.79. The molecule has 2 aromatic rings. The standard InChI is InChI=1S/C22H27N3O3/c1-2-28-20-10-8-18(9-11-20)16-21(26)23-17-22(27)25-14-12-24(13-15-25)19-6-4-3-5-7-19/h3-11H,2,12-17H2,1H3,(H,23,26). The minimum atomic E-state index is -0.152. The Labute approximate surface area is 166 Å². The number of nitrogens with zero attached hydrogens (tertiary/aromatic N) is 2. The van der Waals surface area contributed by atoms with E-state index in [0.717, 1.165) is 24.4 Å². The minimum Gasteiger partial charge on any atom is -0.494 e. The molecule has 0 unspecified atom stereocenters. The number of rotatable bonds is 7. The number of nitrogens with one attached hydrogen (secondary N) is 1. The second-order valence-corrected chi connectivity index (χ2v) is 6.73. The Balaban J connectivity index is 1.40. The molecule has 0 aliphatic carbocycles. The smallest absolute Gasteiger partial charge is 0.242 e. The lowest BCUT2D eigenvalue weighted by atomic mass is 10.1. The Morgan fingerprint density at radius 2 is 1.64 bits per heavy atom. The van der Waals surface area contributed by atoms with Crippen LogP contribution in [0.1, 0.15) is 12.5 Å². The molecule has 1 heterocycles. The predicted octanol–water partition coefficient (Wildman–Crippen LogP) is 2.09. The SMILES string of the molecule is CCOc1ccc(CC(=O)NCC(=O)N2CCN(c3ccccc3)CC2)cc1. The molecule has 2 aromatic carbocycles. The van der Waals surface area contributed by atoms with Crippen molar-refractivity contribution in [1.82, 2.24) is 10.2 Å². The zero-order chi connectivity index (χ0) is 19.8. The highest BCUT2D eigenvalue weighted by Crippen LogP contribution is 2.15. The summed E-state index contributed by atoms with van der Waals surface area (Å²) >= 11 is 0. The lowest BCUT2D eigenvalue weighted by molar-refractivity contribution is -0.133. The van der Waals surface area contributed by atoms with Crippen molar-refractivity contribution in [3.63, 3.8) is 0 Å². The Bertz CT molecular complexity index is 769. The molecule has 1 aliphatic heterocycles. The van der Waals surface area contributed by atoms with Crippen molar-refractivity contribution >= 4 is 17.5 Å². The van der Waals surface area contributed by atoms with Gasteiger partial charge >= 0.3 is 0 Å². The van der Waals surface area contributed by atoms with Crippen LogP contribution in [0.5, 0.6) is 5.75 Å². The zero-order valence-electron chi connectivity index (χ0n) is 16.3. The van der Waals surface area contributed by atoms with Crippen molar-refractivity contribution in [1.29, 1.82) is 0 Å². The second-order valence-electron chi connectivity index (χ2n) is 6.73. The number of para-hydroxylation sites is 1. The maximum Gasteiger partial charge on any atom is 0.242 e. The molecule has 2 amide bonds. The van der Waals surface area contributed by atoms with E-state index >= 15 is 0 Å². The van der Waals surface area contributed by atoms with Gasteiger partial charge in [-0.3, -0.25) is 9.59 Å². The van der Waals surface area contributed by atoms with Gasteiger partial charge in [-0.05, 0) is 36.8 Å². The first-order valence-electron chi connectivity index (χ1n) is 9.72. The molecule has 6 heteroatoms. The average Bonchev–Trinajstić information content (AvgIpc) is 2.74. The van der Waals surface area contributed by atoms with E-state index in [2.05, 4.69) is 22.3 Å². The molecule has 0 atom stereocenters. The summed E-state index contributed by atoms with van der Waals surface area (Å²) in [6.45, 7) is 5.53. The lowest BCUT2D eigenvalue weighted by Gasteiger charge is -2.36. The molecule has 0 saturated carbocycles. The van der Waals surface area contributed by atoms with Crippen LogP contribution in [0, 0.1) is 0 Å². The van der Waals surface area contributed by atoms with E-state index in [1.165, 1.54) is 5.69 Å². The van der Waals surface area contributed by atoms with Gasteiger partial charge in [0.25, 0.3) is 0 Å². The highest BCUT2D eigenvalue weighted by atomic mass is 16.5. The molecular weight excluding hydrogens is 354 g/mol. The number of ether oxygens (including phenoxy) is 1. The summed E-state index contributed by atoms with van der Waals surface area (Å²) in [7, 11) is 0. The fourth-order valence-electron chi connectivity index (χ4n) is 3.26. The van der Waals surface area contributed by atoms with Gasteiger partial charge in [-0.1, -0.05) is 30.3 Å². The number of hydrogen-bond acceptors (Lipinski definition) is 4. The molecule has 28 heavy (non-hydrogen) atoms. The number of anilines is 1. The number of piperazine rings is 1. The summed E-state index contributed by atoms with van der Waals surface area (Å²) in [5.41, 5.74) is 2.07. The van der Waals surface area contributed by atoms with Crippen LogP contribution >= 0.6 is 0 Å². The Hall–Kier alpha value is -3.02. The van der Waals surface area contributed by atoms with E-state index in [9.17, 15) is 9.59 Å². The predicted molar refractivity (Wildman–Crippen MR) is 110 cm³/mol. The lowest BCUT2D eigenvalue weighted by Crippen LogP contribution is -2.51. The fraction of sp³-hybridized carbons (Fsp3) is 0.364. The highest BCUT2D eigenvalue weighted by molar-refractivity contribution is 5.85. The van der Waals surface area contributed by atoms with Gasteiger partial charge in [-0.2, -0.15) is 0 Å². The summed E-state index contributed by atoms with van der Waals surface area (Å²) in [6.07, 6.45) is 0.251. The fourth-order valence-corrected chi connectivity index (χ4v) is 3.26. The van der Waals surface area contributed by atoms with E-state index in [1.807, 2.05) is 54.3 Å².